The molecule has 0 bridgehead atoms. The lowest BCUT2D eigenvalue weighted by molar-refractivity contribution is 0.103. The Hall–Kier alpha value is -3.93. The third kappa shape index (κ3) is 3.76. The highest BCUT2D eigenvalue weighted by molar-refractivity contribution is 6.07. The molecule has 3 aromatic heterocycles. The fourth-order valence-corrected chi connectivity index (χ4v) is 2.72. The standard InChI is InChI=1S/C22H16N4O2/c1-15-14-17(9-11-23-15)20-22(26-13-12-25-20)28-18-7-5-16(6-8-18)21(27)19-4-2-3-10-24-19/h2-14H,1H3. The van der Waals surface area contributed by atoms with Crippen molar-refractivity contribution in [2.24, 2.45) is 0 Å². The first-order valence-electron chi connectivity index (χ1n) is 8.68. The number of hydrogen-bond acceptors (Lipinski definition) is 6. The number of ether oxygens (including phenoxy) is 1. The quantitative estimate of drug-likeness (QED) is 0.490. The Morgan fingerprint density at radius 1 is 0.821 bits per heavy atom. The molecule has 0 atom stereocenters. The largest absolute Gasteiger partial charge is 0.437 e. The van der Waals surface area contributed by atoms with Gasteiger partial charge in [0.1, 0.15) is 17.1 Å². The molecule has 0 N–H and O–H groups in total. The summed E-state index contributed by atoms with van der Waals surface area (Å²) in [6, 6.07) is 15.9. The van der Waals surface area contributed by atoms with Gasteiger partial charge in [-0.3, -0.25) is 14.8 Å². The van der Waals surface area contributed by atoms with Gasteiger partial charge in [0.05, 0.1) is 0 Å². The van der Waals surface area contributed by atoms with E-state index in [4.69, 9.17) is 4.74 Å². The summed E-state index contributed by atoms with van der Waals surface area (Å²) in [6.45, 7) is 1.91. The molecular weight excluding hydrogens is 352 g/mol. The van der Waals surface area contributed by atoms with Crippen molar-refractivity contribution < 1.29 is 9.53 Å². The molecule has 28 heavy (non-hydrogen) atoms. The van der Waals surface area contributed by atoms with Crippen molar-refractivity contribution in [3.63, 3.8) is 0 Å². The maximum Gasteiger partial charge on any atom is 0.246 e. The Balaban J connectivity index is 1.58. The van der Waals surface area contributed by atoms with E-state index >= 15 is 0 Å². The van der Waals surface area contributed by atoms with Crippen molar-refractivity contribution in [3.05, 3.63) is 96.3 Å². The van der Waals surface area contributed by atoms with Crippen LogP contribution < -0.4 is 4.74 Å². The third-order valence-corrected chi connectivity index (χ3v) is 4.06. The number of carbonyl (C=O) groups is 1. The molecule has 0 fully saturated rings. The minimum absolute atomic E-state index is 0.139. The van der Waals surface area contributed by atoms with Crippen LogP contribution in [0.3, 0.4) is 0 Å². The maximum atomic E-state index is 12.5. The molecular formula is C22H16N4O2. The fraction of sp³-hybridized carbons (Fsp3) is 0.0455. The van der Waals surface area contributed by atoms with Crippen LogP contribution in [0.15, 0.2) is 79.4 Å². The van der Waals surface area contributed by atoms with Crippen LogP contribution in [0, 0.1) is 6.92 Å². The number of nitrogens with zero attached hydrogens (tertiary/aromatic N) is 4. The van der Waals surface area contributed by atoms with Crippen LogP contribution in [0.2, 0.25) is 0 Å². The predicted octanol–water partition coefficient (Wildman–Crippen LogP) is 4.27. The summed E-state index contributed by atoms with van der Waals surface area (Å²) in [5.41, 5.74) is 3.32. The number of hydrogen-bond donors (Lipinski definition) is 0. The van der Waals surface area contributed by atoms with E-state index in [2.05, 4.69) is 19.9 Å². The molecule has 0 aliphatic carbocycles. The first-order valence-corrected chi connectivity index (χ1v) is 8.68. The van der Waals surface area contributed by atoms with Gasteiger partial charge in [0.2, 0.25) is 11.7 Å². The Morgan fingerprint density at radius 3 is 2.39 bits per heavy atom. The van der Waals surface area contributed by atoms with Gasteiger partial charge in [-0.15, -0.1) is 0 Å². The number of carbonyl (C=O) groups excluding carboxylic acids is 1. The topological polar surface area (TPSA) is 77.9 Å². The normalized spacial score (nSPS) is 10.5. The van der Waals surface area contributed by atoms with Crippen LogP contribution in [0.5, 0.6) is 11.6 Å². The lowest BCUT2D eigenvalue weighted by Gasteiger charge is -2.10. The molecule has 0 saturated carbocycles. The highest BCUT2D eigenvalue weighted by atomic mass is 16.5. The van der Waals surface area contributed by atoms with Gasteiger partial charge in [0, 0.05) is 41.6 Å². The third-order valence-electron chi connectivity index (χ3n) is 4.06. The summed E-state index contributed by atoms with van der Waals surface area (Å²) >= 11 is 0. The second kappa shape index (κ2) is 7.75. The zero-order chi connectivity index (χ0) is 19.3. The average Bonchev–Trinajstić information content (AvgIpc) is 2.75. The predicted molar refractivity (Wildman–Crippen MR) is 104 cm³/mol. The summed E-state index contributed by atoms with van der Waals surface area (Å²) < 4.78 is 5.92. The summed E-state index contributed by atoms with van der Waals surface area (Å²) in [7, 11) is 0. The Labute approximate surface area is 161 Å². The highest BCUT2D eigenvalue weighted by Gasteiger charge is 2.13. The molecule has 0 aliphatic rings. The Bertz CT molecular complexity index is 1110. The van der Waals surface area contributed by atoms with Gasteiger partial charge in [-0.1, -0.05) is 6.07 Å². The van der Waals surface area contributed by atoms with Gasteiger partial charge in [0.25, 0.3) is 0 Å². The first-order chi connectivity index (χ1) is 13.7. The molecule has 0 spiro atoms. The van der Waals surface area contributed by atoms with E-state index in [1.807, 2.05) is 19.1 Å². The maximum absolute atomic E-state index is 12.5. The molecule has 0 aliphatic heterocycles. The number of rotatable bonds is 5. The van der Waals surface area contributed by atoms with Crippen molar-refractivity contribution in [2.45, 2.75) is 6.92 Å². The number of aromatic nitrogens is 4. The summed E-state index contributed by atoms with van der Waals surface area (Å²) in [4.78, 5) is 29.4. The number of benzene rings is 1. The van der Waals surface area contributed by atoms with Crippen LogP contribution >= 0.6 is 0 Å². The van der Waals surface area contributed by atoms with Crippen LogP contribution in [0.25, 0.3) is 11.3 Å². The summed E-state index contributed by atoms with van der Waals surface area (Å²) in [5.74, 6) is 0.807. The second-order valence-electron chi connectivity index (χ2n) is 6.07. The number of ketones is 1. The fourth-order valence-electron chi connectivity index (χ4n) is 2.72. The molecule has 0 saturated heterocycles. The smallest absolute Gasteiger partial charge is 0.246 e. The van der Waals surface area contributed by atoms with E-state index in [1.165, 1.54) is 0 Å². The van der Waals surface area contributed by atoms with E-state index in [1.54, 1.807) is 67.3 Å². The van der Waals surface area contributed by atoms with E-state index in [9.17, 15) is 4.79 Å². The minimum atomic E-state index is -0.139. The van der Waals surface area contributed by atoms with Crippen LogP contribution in [0.1, 0.15) is 21.7 Å². The van der Waals surface area contributed by atoms with Gasteiger partial charge in [-0.05, 0) is 55.5 Å². The second-order valence-corrected chi connectivity index (χ2v) is 6.07. The molecule has 0 amide bonds. The van der Waals surface area contributed by atoms with E-state index < -0.39 is 0 Å². The lowest BCUT2D eigenvalue weighted by atomic mass is 10.1. The molecule has 1 aromatic carbocycles. The molecule has 136 valence electrons. The lowest BCUT2D eigenvalue weighted by Crippen LogP contribution is -2.03. The highest BCUT2D eigenvalue weighted by Crippen LogP contribution is 2.29. The minimum Gasteiger partial charge on any atom is -0.437 e. The zero-order valence-corrected chi connectivity index (χ0v) is 15.1. The molecule has 0 radical (unpaired) electrons. The molecule has 6 nitrogen and oxygen atoms in total. The zero-order valence-electron chi connectivity index (χ0n) is 15.1. The van der Waals surface area contributed by atoms with Crippen molar-refractivity contribution in [2.75, 3.05) is 0 Å². The van der Waals surface area contributed by atoms with Crippen molar-refractivity contribution in [3.8, 4) is 22.9 Å². The van der Waals surface area contributed by atoms with Crippen molar-refractivity contribution >= 4 is 5.78 Å². The van der Waals surface area contributed by atoms with Gasteiger partial charge >= 0.3 is 0 Å². The SMILES string of the molecule is Cc1cc(-c2nccnc2Oc2ccc(C(=O)c3ccccn3)cc2)ccn1. The monoisotopic (exact) mass is 368 g/mol. The van der Waals surface area contributed by atoms with Crippen molar-refractivity contribution in [1.82, 2.24) is 19.9 Å². The molecule has 4 rings (SSSR count). The van der Waals surface area contributed by atoms with Crippen LogP contribution in [-0.2, 0) is 0 Å². The van der Waals surface area contributed by atoms with Gasteiger partial charge in [-0.25, -0.2) is 9.97 Å². The van der Waals surface area contributed by atoms with Gasteiger partial charge in [0.15, 0.2) is 0 Å². The van der Waals surface area contributed by atoms with Gasteiger partial charge < -0.3 is 4.74 Å². The van der Waals surface area contributed by atoms with Crippen LogP contribution in [-0.4, -0.2) is 25.7 Å². The Kier molecular flexibility index (Phi) is 4.84. The van der Waals surface area contributed by atoms with E-state index in [-0.39, 0.29) is 5.78 Å². The Morgan fingerprint density at radius 2 is 1.64 bits per heavy atom. The van der Waals surface area contributed by atoms with E-state index in [0.717, 1.165) is 11.3 Å². The number of pyridine rings is 2. The average molecular weight is 368 g/mol. The summed E-state index contributed by atoms with van der Waals surface area (Å²) in [6.07, 6.45) is 6.51. The molecule has 0 unspecified atom stereocenters. The van der Waals surface area contributed by atoms with E-state index in [0.29, 0.717) is 28.6 Å². The molecule has 3 heterocycles. The molecule has 4 aromatic rings. The number of aryl methyl sites for hydroxylation is 1. The van der Waals surface area contributed by atoms with Gasteiger partial charge in [-0.2, -0.15) is 0 Å². The first kappa shape index (κ1) is 17.5. The molecule has 6 heteroatoms. The van der Waals surface area contributed by atoms with Crippen molar-refractivity contribution in [1.29, 1.82) is 0 Å². The van der Waals surface area contributed by atoms with Crippen LogP contribution in [0.4, 0.5) is 0 Å². The summed E-state index contributed by atoms with van der Waals surface area (Å²) in [5, 5.41) is 0.